The lowest BCUT2D eigenvalue weighted by molar-refractivity contribution is 0.102. The van der Waals surface area contributed by atoms with Crippen molar-refractivity contribution in [2.45, 2.75) is 26.2 Å². The molecule has 1 aromatic carbocycles. The van der Waals surface area contributed by atoms with Crippen LogP contribution in [0.1, 0.15) is 36.8 Å². The Morgan fingerprint density at radius 2 is 2.10 bits per heavy atom. The van der Waals surface area contributed by atoms with E-state index < -0.39 is 5.91 Å². The zero-order chi connectivity index (χ0) is 14.9. The van der Waals surface area contributed by atoms with Gasteiger partial charge in [-0.25, -0.2) is 4.98 Å². The van der Waals surface area contributed by atoms with E-state index in [4.69, 9.17) is 5.73 Å². The molecule has 2 aromatic rings. The molecular weight excluding hydrogens is 274 g/mol. The second kappa shape index (κ2) is 5.13. The van der Waals surface area contributed by atoms with Crippen LogP contribution in [0.25, 0.3) is 0 Å². The van der Waals surface area contributed by atoms with Crippen molar-refractivity contribution in [2.75, 3.05) is 11.1 Å². The van der Waals surface area contributed by atoms with Crippen molar-refractivity contribution in [1.29, 1.82) is 0 Å². The van der Waals surface area contributed by atoms with Gasteiger partial charge in [0.25, 0.3) is 5.91 Å². The lowest BCUT2D eigenvalue weighted by Crippen LogP contribution is -2.14. The monoisotopic (exact) mass is 291 g/mol. The number of rotatable bonds is 2. The largest absolute Gasteiger partial charge is 0.505 e. The molecule has 0 aliphatic heterocycles. The summed E-state index contributed by atoms with van der Waals surface area (Å²) in [5.41, 5.74) is 6.72. The zero-order valence-electron chi connectivity index (χ0n) is 11.6. The van der Waals surface area contributed by atoms with E-state index >= 15 is 0 Å². The van der Waals surface area contributed by atoms with Gasteiger partial charge in [-0.3, -0.25) is 10.1 Å². The van der Waals surface area contributed by atoms with Gasteiger partial charge in [0.05, 0.1) is 16.9 Å². The molecule has 6 heteroatoms. The van der Waals surface area contributed by atoms with Crippen LogP contribution >= 0.6 is 11.3 Å². The summed E-state index contributed by atoms with van der Waals surface area (Å²) in [6.07, 6.45) is 0. The fourth-order valence-corrected chi connectivity index (χ4v) is 2.52. The third-order valence-electron chi connectivity index (χ3n) is 2.80. The Morgan fingerprint density at radius 1 is 1.40 bits per heavy atom. The topological polar surface area (TPSA) is 88.2 Å². The fourth-order valence-electron chi connectivity index (χ4n) is 1.58. The molecule has 0 unspecified atom stereocenters. The molecule has 106 valence electrons. The molecule has 0 aliphatic rings. The van der Waals surface area contributed by atoms with E-state index in [2.05, 4.69) is 31.1 Å². The van der Waals surface area contributed by atoms with Crippen molar-refractivity contribution in [2.24, 2.45) is 0 Å². The van der Waals surface area contributed by atoms with Gasteiger partial charge in [0.15, 0.2) is 10.9 Å². The molecule has 0 radical (unpaired) electrons. The number of nitrogens with zero attached hydrogens (tertiary/aromatic N) is 1. The molecule has 1 amide bonds. The van der Waals surface area contributed by atoms with Gasteiger partial charge < -0.3 is 10.8 Å². The molecule has 1 aromatic heterocycles. The van der Waals surface area contributed by atoms with Crippen LogP contribution in [0.5, 0.6) is 5.75 Å². The Balaban J connectivity index is 2.20. The van der Waals surface area contributed by atoms with Crippen molar-refractivity contribution in [3.05, 3.63) is 34.8 Å². The van der Waals surface area contributed by atoms with E-state index in [0.717, 1.165) is 5.69 Å². The number of amides is 1. The molecule has 1 heterocycles. The van der Waals surface area contributed by atoms with Gasteiger partial charge in [0, 0.05) is 10.8 Å². The molecule has 0 bridgehead atoms. The summed E-state index contributed by atoms with van der Waals surface area (Å²) >= 11 is 1.35. The van der Waals surface area contributed by atoms with Gasteiger partial charge in [0.2, 0.25) is 0 Å². The maximum absolute atomic E-state index is 12.1. The minimum atomic E-state index is -0.426. The number of thiazole rings is 1. The second-order valence-electron chi connectivity index (χ2n) is 5.49. The summed E-state index contributed by atoms with van der Waals surface area (Å²) in [5.74, 6) is -0.637. The predicted octanol–water partition coefficient (Wildman–Crippen LogP) is 2.98. The Labute approximate surface area is 121 Å². The number of hydrogen-bond acceptors (Lipinski definition) is 5. The first-order valence-corrected chi connectivity index (χ1v) is 7.02. The first-order valence-electron chi connectivity index (χ1n) is 6.14. The minimum absolute atomic E-state index is 0.0706. The average molecular weight is 291 g/mol. The number of aromatic nitrogens is 1. The van der Waals surface area contributed by atoms with E-state index in [9.17, 15) is 9.90 Å². The molecule has 0 aliphatic carbocycles. The van der Waals surface area contributed by atoms with Crippen LogP contribution in [0.4, 0.5) is 10.8 Å². The summed E-state index contributed by atoms with van der Waals surface area (Å²) in [4.78, 5) is 16.5. The SMILES string of the molecule is CC(C)(C)c1csc(NC(=O)c2cccc(N)c2O)n1. The van der Waals surface area contributed by atoms with Crippen molar-refractivity contribution in [3.63, 3.8) is 0 Å². The summed E-state index contributed by atoms with van der Waals surface area (Å²) in [6.45, 7) is 6.16. The van der Waals surface area contributed by atoms with Gasteiger partial charge >= 0.3 is 0 Å². The maximum atomic E-state index is 12.1. The quantitative estimate of drug-likeness (QED) is 0.586. The highest BCUT2D eigenvalue weighted by atomic mass is 32.1. The number of phenolic OH excluding ortho intramolecular Hbond substituents is 1. The van der Waals surface area contributed by atoms with Crippen LogP contribution in [0.2, 0.25) is 0 Å². The summed E-state index contributed by atoms with van der Waals surface area (Å²) < 4.78 is 0. The average Bonchev–Trinajstić information content (AvgIpc) is 2.81. The predicted molar refractivity (Wildman–Crippen MR) is 81.3 cm³/mol. The van der Waals surface area contributed by atoms with Gasteiger partial charge in [-0.05, 0) is 12.1 Å². The van der Waals surface area contributed by atoms with E-state index in [1.165, 1.54) is 23.5 Å². The fraction of sp³-hybridized carbons (Fsp3) is 0.286. The van der Waals surface area contributed by atoms with Crippen molar-refractivity contribution < 1.29 is 9.90 Å². The van der Waals surface area contributed by atoms with Crippen LogP contribution < -0.4 is 11.1 Å². The van der Waals surface area contributed by atoms with Gasteiger partial charge in [0.1, 0.15) is 0 Å². The number of benzene rings is 1. The molecule has 0 saturated carbocycles. The number of aromatic hydroxyl groups is 1. The van der Waals surface area contributed by atoms with Crippen LogP contribution in [0.3, 0.4) is 0 Å². The lowest BCUT2D eigenvalue weighted by atomic mass is 9.93. The first-order chi connectivity index (χ1) is 9.29. The highest BCUT2D eigenvalue weighted by Crippen LogP contribution is 2.28. The molecule has 20 heavy (non-hydrogen) atoms. The number of para-hydroxylation sites is 1. The maximum Gasteiger partial charge on any atom is 0.261 e. The van der Waals surface area contributed by atoms with Gasteiger partial charge in [-0.2, -0.15) is 0 Å². The van der Waals surface area contributed by atoms with E-state index in [0.29, 0.717) is 5.13 Å². The Bertz CT molecular complexity index is 644. The number of nitrogens with one attached hydrogen (secondary N) is 1. The number of carbonyl (C=O) groups is 1. The minimum Gasteiger partial charge on any atom is -0.505 e. The van der Waals surface area contributed by atoms with Crippen molar-refractivity contribution in [3.8, 4) is 5.75 Å². The van der Waals surface area contributed by atoms with Gasteiger partial charge in [-0.15, -0.1) is 11.3 Å². The summed E-state index contributed by atoms with van der Waals surface area (Å²) in [6, 6.07) is 4.67. The number of anilines is 2. The molecule has 4 N–H and O–H groups in total. The molecule has 0 saturated heterocycles. The van der Waals surface area contributed by atoms with Crippen LogP contribution in [0.15, 0.2) is 23.6 Å². The van der Waals surface area contributed by atoms with Crippen LogP contribution in [-0.4, -0.2) is 16.0 Å². The number of nitrogens with two attached hydrogens (primary N) is 1. The van der Waals surface area contributed by atoms with Crippen molar-refractivity contribution in [1.82, 2.24) is 4.98 Å². The zero-order valence-corrected chi connectivity index (χ0v) is 12.4. The molecule has 0 fully saturated rings. The molecule has 2 rings (SSSR count). The normalized spacial score (nSPS) is 11.3. The molecular formula is C14H17N3O2S. The Kier molecular flexibility index (Phi) is 3.67. The highest BCUT2D eigenvalue weighted by molar-refractivity contribution is 7.14. The third-order valence-corrected chi connectivity index (χ3v) is 3.56. The number of nitrogen functional groups attached to an aromatic ring is 1. The summed E-state index contributed by atoms with van der Waals surface area (Å²) in [5, 5.41) is 14.9. The van der Waals surface area contributed by atoms with Gasteiger partial charge in [-0.1, -0.05) is 26.8 Å². The Hall–Kier alpha value is -2.08. The molecule has 0 spiro atoms. The van der Waals surface area contributed by atoms with E-state index in [-0.39, 0.29) is 22.4 Å². The first kappa shape index (κ1) is 14.3. The van der Waals surface area contributed by atoms with Crippen molar-refractivity contribution >= 4 is 28.1 Å². The second-order valence-corrected chi connectivity index (χ2v) is 6.34. The van der Waals surface area contributed by atoms with E-state index in [1.807, 2.05) is 5.38 Å². The van der Waals surface area contributed by atoms with Crippen LogP contribution in [0, 0.1) is 0 Å². The molecule has 0 atom stereocenters. The highest BCUT2D eigenvalue weighted by Gasteiger charge is 2.19. The molecule has 5 nitrogen and oxygen atoms in total. The number of carbonyl (C=O) groups excluding carboxylic acids is 1. The number of phenols is 1. The van der Waals surface area contributed by atoms with Crippen LogP contribution in [-0.2, 0) is 5.41 Å². The number of hydrogen-bond donors (Lipinski definition) is 3. The lowest BCUT2D eigenvalue weighted by Gasteiger charge is -2.14. The Morgan fingerprint density at radius 3 is 2.70 bits per heavy atom. The summed E-state index contributed by atoms with van der Waals surface area (Å²) in [7, 11) is 0. The third kappa shape index (κ3) is 2.91. The standard InChI is InChI=1S/C14H17N3O2S/c1-14(2,3)10-7-20-13(16-10)17-12(19)8-5-4-6-9(15)11(8)18/h4-7,18H,15H2,1-3H3,(H,16,17,19). The van der Waals surface area contributed by atoms with E-state index in [1.54, 1.807) is 6.07 Å². The smallest absolute Gasteiger partial charge is 0.261 e.